The average molecular weight is 440 g/mol. The Bertz CT molecular complexity index is 1130. The Kier molecular flexibility index (Phi) is 6.13. The Morgan fingerprint density at radius 1 is 1.14 bits per heavy atom. The third-order valence-electron chi connectivity index (χ3n) is 4.29. The van der Waals surface area contributed by atoms with Gasteiger partial charge in [0.25, 0.3) is 0 Å². The van der Waals surface area contributed by atoms with Gasteiger partial charge < -0.3 is 0 Å². The van der Waals surface area contributed by atoms with Gasteiger partial charge in [0, 0.05) is 16.1 Å². The van der Waals surface area contributed by atoms with Gasteiger partial charge in [0.2, 0.25) is 5.91 Å². The molecule has 4 aromatic rings. The maximum atomic E-state index is 13.1. The fraction of sp³-hybridized carbons (Fsp3) is 0.136. The van der Waals surface area contributed by atoms with Crippen LogP contribution in [0.2, 0.25) is 5.02 Å². The third kappa shape index (κ3) is 4.96. The third-order valence-corrected chi connectivity index (χ3v) is 6.58. The number of aromatic nitrogens is 2. The van der Waals surface area contributed by atoms with Crippen molar-refractivity contribution in [2.45, 2.75) is 18.4 Å². The van der Waals surface area contributed by atoms with Crippen molar-refractivity contribution in [2.24, 2.45) is 0 Å². The van der Waals surface area contributed by atoms with Crippen molar-refractivity contribution >= 4 is 56.0 Å². The van der Waals surface area contributed by atoms with E-state index in [0.717, 1.165) is 20.8 Å². The van der Waals surface area contributed by atoms with Crippen molar-refractivity contribution in [1.82, 2.24) is 9.97 Å². The minimum Gasteiger partial charge on any atom is -0.281 e. The molecule has 2 aromatic heterocycles. The highest BCUT2D eigenvalue weighted by Gasteiger charge is 2.21. The molecular formula is C22H18ClN3OS2. The topological polar surface area (TPSA) is 46.1 Å². The lowest BCUT2D eigenvalue weighted by Gasteiger charge is -2.19. The molecular weight excluding hydrogens is 422 g/mol. The second kappa shape index (κ2) is 8.95. The standard InChI is InChI=1S/C22H18ClN3OS2/c1-15-5-10-19-20(12-15)29-22(25-19)26(13-17-4-2-3-11-24-17)21(27)14-28-18-8-6-16(23)7-9-18/h2-12H,13-14H2,1H3. The summed E-state index contributed by atoms with van der Waals surface area (Å²) in [5.41, 5.74) is 2.90. The van der Waals surface area contributed by atoms with E-state index < -0.39 is 0 Å². The summed E-state index contributed by atoms with van der Waals surface area (Å²) in [6.07, 6.45) is 1.74. The Labute approximate surface area is 182 Å². The summed E-state index contributed by atoms with van der Waals surface area (Å²) in [5, 5.41) is 1.38. The van der Waals surface area contributed by atoms with Crippen molar-refractivity contribution in [3.05, 3.63) is 83.1 Å². The first kappa shape index (κ1) is 19.9. The Balaban J connectivity index is 1.59. The number of pyridine rings is 1. The monoisotopic (exact) mass is 439 g/mol. The highest BCUT2D eigenvalue weighted by Crippen LogP contribution is 2.31. The molecule has 4 nitrogen and oxygen atoms in total. The molecule has 0 spiro atoms. The predicted octanol–water partition coefficient (Wildman–Crippen LogP) is 5.98. The van der Waals surface area contributed by atoms with E-state index in [0.29, 0.717) is 22.5 Å². The Hall–Kier alpha value is -2.41. The van der Waals surface area contributed by atoms with Crippen LogP contribution >= 0.6 is 34.7 Å². The van der Waals surface area contributed by atoms with Gasteiger partial charge in [0.1, 0.15) is 0 Å². The molecule has 0 saturated heterocycles. The van der Waals surface area contributed by atoms with Gasteiger partial charge in [0.15, 0.2) is 5.13 Å². The van der Waals surface area contributed by atoms with Crippen LogP contribution in [0.25, 0.3) is 10.2 Å². The normalized spacial score (nSPS) is 11.0. The maximum absolute atomic E-state index is 13.1. The van der Waals surface area contributed by atoms with Gasteiger partial charge in [-0.15, -0.1) is 11.8 Å². The van der Waals surface area contributed by atoms with Crippen LogP contribution in [0.5, 0.6) is 0 Å². The molecule has 29 heavy (non-hydrogen) atoms. The van der Waals surface area contributed by atoms with Crippen molar-refractivity contribution in [1.29, 1.82) is 0 Å². The van der Waals surface area contributed by atoms with Gasteiger partial charge in [-0.3, -0.25) is 14.7 Å². The van der Waals surface area contributed by atoms with E-state index in [2.05, 4.69) is 18.0 Å². The molecule has 0 radical (unpaired) electrons. The second-order valence-electron chi connectivity index (χ2n) is 6.51. The molecule has 1 amide bonds. The van der Waals surface area contributed by atoms with Crippen LogP contribution in [0, 0.1) is 6.92 Å². The van der Waals surface area contributed by atoms with Gasteiger partial charge in [-0.05, 0) is 61.0 Å². The predicted molar refractivity (Wildman–Crippen MR) is 122 cm³/mol. The smallest absolute Gasteiger partial charge is 0.239 e. The van der Waals surface area contributed by atoms with E-state index in [1.165, 1.54) is 28.7 Å². The minimum atomic E-state index is -0.00798. The summed E-state index contributed by atoms with van der Waals surface area (Å²) in [5.74, 6) is 0.301. The van der Waals surface area contributed by atoms with Crippen LogP contribution in [0.1, 0.15) is 11.3 Å². The molecule has 0 aliphatic carbocycles. The van der Waals surface area contributed by atoms with E-state index >= 15 is 0 Å². The molecule has 0 unspecified atom stereocenters. The highest BCUT2D eigenvalue weighted by atomic mass is 35.5. The molecule has 2 aromatic carbocycles. The van der Waals surface area contributed by atoms with Gasteiger partial charge in [-0.25, -0.2) is 4.98 Å². The average Bonchev–Trinajstić information content (AvgIpc) is 3.15. The molecule has 0 fully saturated rings. The van der Waals surface area contributed by atoms with E-state index in [1.807, 2.05) is 54.6 Å². The van der Waals surface area contributed by atoms with E-state index in [4.69, 9.17) is 16.6 Å². The lowest BCUT2D eigenvalue weighted by atomic mass is 10.2. The molecule has 146 valence electrons. The summed E-state index contributed by atoms with van der Waals surface area (Å²) >= 11 is 8.96. The second-order valence-corrected chi connectivity index (χ2v) is 9.01. The highest BCUT2D eigenvalue weighted by molar-refractivity contribution is 8.00. The first-order valence-electron chi connectivity index (χ1n) is 9.04. The van der Waals surface area contributed by atoms with E-state index in [1.54, 1.807) is 11.1 Å². The number of carbonyl (C=O) groups excluding carboxylic acids is 1. The number of nitrogens with zero attached hydrogens (tertiary/aromatic N) is 3. The van der Waals surface area contributed by atoms with E-state index in [-0.39, 0.29) is 5.91 Å². The molecule has 0 saturated carbocycles. The molecule has 2 heterocycles. The number of aryl methyl sites for hydroxylation is 1. The van der Waals surface area contributed by atoms with Crippen molar-refractivity contribution in [2.75, 3.05) is 10.7 Å². The van der Waals surface area contributed by atoms with Gasteiger partial charge in [-0.1, -0.05) is 35.1 Å². The van der Waals surface area contributed by atoms with Crippen molar-refractivity contribution in [3.63, 3.8) is 0 Å². The Morgan fingerprint density at radius 2 is 1.97 bits per heavy atom. The fourth-order valence-corrected chi connectivity index (χ4v) is 4.79. The fourth-order valence-electron chi connectivity index (χ4n) is 2.81. The molecule has 4 rings (SSSR count). The number of benzene rings is 2. The zero-order chi connectivity index (χ0) is 20.2. The number of rotatable bonds is 6. The summed E-state index contributed by atoms with van der Waals surface area (Å²) < 4.78 is 1.07. The van der Waals surface area contributed by atoms with Gasteiger partial charge in [-0.2, -0.15) is 0 Å². The number of thiazole rings is 1. The number of thioether (sulfide) groups is 1. The van der Waals surface area contributed by atoms with Crippen LogP contribution < -0.4 is 4.90 Å². The van der Waals surface area contributed by atoms with Crippen LogP contribution in [0.3, 0.4) is 0 Å². The number of halogens is 1. The van der Waals surface area contributed by atoms with Crippen molar-refractivity contribution in [3.8, 4) is 0 Å². The van der Waals surface area contributed by atoms with Gasteiger partial charge in [0.05, 0.1) is 28.2 Å². The molecule has 0 bridgehead atoms. The minimum absolute atomic E-state index is 0.00798. The number of fused-ring (bicyclic) bond motifs is 1. The summed E-state index contributed by atoms with van der Waals surface area (Å²) in [6, 6.07) is 19.3. The molecule has 0 aliphatic heterocycles. The summed E-state index contributed by atoms with van der Waals surface area (Å²) in [7, 11) is 0. The van der Waals surface area contributed by atoms with Crippen LogP contribution in [0.15, 0.2) is 71.8 Å². The Morgan fingerprint density at radius 3 is 2.72 bits per heavy atom. The number of hydrogen-bond acceptors (Lipinski definition) is 5. The number of amides is 1. The number of anilines is 1. The number of carbonyl (C=O) groups is 1. The summed E-state index contributed by atoms with van der Waals surface area (Å²) in [4.78, 5) is 25.0. The zero-order valence-electron chi connectivity index (χ0n) is 15.7. The maximum Gasteiger partial charge on any atom is 0.239 e. The first-order chi connectivity index (χ1) is 14.1. The van der Waals surface area contributed by atoms with Crippen LogP contribution in [0.4, 0.5) is 5.13 Å². The van der Waals surface area contributed by atoms with E-state index in [9.17, 15) is 4.79 Å². The van der Waals surface area contributed by atoms with Gasteiger partial charge >= 0.3 is 0 Å². The molecule has 7 heteroatoms. The summed E-state index contributed by atoms with van der Waals surface area (Å²) in [6.45, 7) is 2.44. The lowest BCUT2D eigenvalue weighted by molar-refractivity contribution is -0.116. The largest absolute Gasteiger partial charge is 0.281 e. The molecule has 0 aliphatic rings. The SMILES string of the molecule is Cc1ccc2nc(N(Cc3ccccn3)C(=O)CSc3ccc(Cl)cc3)sc2c1. The lowest BCUT2D eigenvalue weighted by Crippen LogP contribution is -2.32. The first-order valence-corrected chi connectivity index (χ1v) is 11.2. The van der Waals surface area contributed by atoms with Crippen molar-refractivity contribution < 1.29 is 4.79 Å². The number of hydrogen-bond donors (Lipinski definition) is 0. The molecule has 0 atom stereocenters. The van der Waals surface area contributed by atoms with Crippen LogP contribution in [-0.2, 0) is 11.3 Å². The van der Waals surface area contributed by atoms with Crippen LogP contribution in [-0.4, -0.2) is 21.6 Å². The zero-order valence-corrected chi connectivity index (χ0v) is 18.1. The molecule has 0 N–H and O–H groups in total. The quantitative estimate of drug-likeness (QED) is 0.347.